The van der Waals surface area contributed by atoms with E-state index < -0.39 is 18.2 Å². The average Bonchev–Trinajstić information content (AvgIpc) is 3.54. The zero-order chi connectivity index (χ0) is 27.2. The molecule has 1 aliphatic heterocycles. The van der Waals surface area contributed by atoms with Crippen LogP contribution in [0.15, 0.2) is 60.7 Å². The number of methoxy groups -OCH3 is 1. The third-order valence-corrected chi connectivity index (χ3v) is 6.94. The summed E-state index contributed by atoms with van der Waals surface area (Å²) < 4.78 is 20.9. The summed E-state index contributed by atoms with van der Waals surface area (Å²) in [4.78, 5) is 11.5. The molecule has 1 aromatic heterocycles. The molecule has 2 aromatic carbocycles. The summed E-state index contributed by atoms with van der Waals surface area (Å²) in [6, 6.07) is 16.7. The Balaban J connectivity index is 1.89. The molecule has 1 saturated heterocycles. The molecule has 0 amide bonds. The Kier molecular flexibility index (Phi) is 9.02. The fourth-order valence-corrected chi connectivity index (χ4v) is 5.21. The van der Waals surface area contributed by atoms with E-state index in [1.54, 1.807) is 18.2 Å². The first-order valence-electron chi connectivity index (χ1n) is 13.3. The molecule has 1 fully saturated rings. The van der Waals surface area contributed by atoms with Gasteiger partial charge in [-0.15, -0.1) is 0 Å². The second-order valence-electron chi connectivity index (χ2n) is 10.1. The van der Waals surface area contributed by atoms with Crippen LogP contribution < -0.4 is 5.01 Å². The Hall–Kier alpha value is -3.42. The highest BCUT2D eigenvalue weighted by molar-refractivity contribution is 5.90. The molecule has 6 nitrogen and oxygen atoms in total. The van der Waals surface area contributed by atoms with Crippen LogP contribution in [0.2, 0.25) is 0 Å². The predicted molar refractivity (Wildman–Crippen MR) is 149 cm³/mol. The van der Waals surface area contributed by atoms with Crippen LogP contribution in [0.4, 0.5) is 4.39 Å². The summed E-state index contributed by atoms with van der Waals surface area (Å²) in [7, 11) is 1.27. The lowest BCUT2D eigenvalue weighted by atomic mass is 9.94. The predicted octanol–water partition coefficient (Wildman–Crippen LogP) is 5.50. The van der Waals surface area contributed by atoms with Gasteiger partial charge in [0.1, 0.15) is 5.82 Å². The Morgan fingerprint density at radius 3 is 2.29 bits per heavy atom. The number of aliphatic hydroxyl groups excluding tert-OH is 2. The topological polar surface area (TPSA) is 74.9 Å². The molecular weight excluding hydrogens is 483 g/mol. The quantitative estimate of drug-likeness (QED) is 0.345. The van der Waals surface area contributed by atoms with Crippen molar-refractivity contribution in [3.8, 4) is 22.4 Å². The van der Waals surface area contributed by atoms with E-state index in [1.165, 1.54) is 19.2 Å². The fraction of sp³-hybridized carbons (Fsp3) is 0.387. The molecule has 0 radical (unpaired) electrons. The van der Waals surface area contributed by atoms with Gasteiger partial charge in [0.25, 0.3) is 0 Å². The van der Waals surface area contributed by atoms with Crippen LogP contribution in [0.3, 0.4) is 0 Å². The smallest absolute Gasteiger partial charge is 0.308 e. The van der Waals surface area contributed by atoms with Crippen molar-refractivity contribution in [3.05, 3.63) is 77.7 Å². The van der Waals surface area contributed by atoms with E-state index in [-0.39, 0.29) is 24.6 Å². The molecule has 0 bridgehead atoms. The number of esters is 1. The number of aromatic nitrogens is 1. The van der Waals surface area contributed by atoms with Crippen LogP contribution in [0.25, 0.3) is 28.5 Å². The normalized spacial score (nSPS) is 15.4. The molecule has 7 heteroatoms. The number of aliphatic hydroxyl groups is 2. The van der Waals surface area contributed by atoms with Gasteiger partial charge in [0.05, 0.1) is 37.1 Å². The van der Waals surface area contributed by atoms with Crippen molar-refractivity contribution in [1.82, 2.24) is 4.68 Å². The lowest BCUT2D eigenvalue weighted by Crippen LogP contribution is -2.33. The molecule has 0 saturated carbocycles. The highest BCUT2D eigenvalue weighted by Gasteiger charge is 2.29. The van der Waals surface area contributed by atoms with Gasteiger partial charge in [-0.2, -0.15) is 0 Å². The average molecular weight is 521 g/mol. The number of carbonyl (C=O) groups excluding carboxylic acids is 1. The monoisotopic (exact) mass is 520 g/mol. The van der Waals surface area contributed by atoms with Crippen LogP contribution >= 0.6 is 0 Å². The minimum Gasteiger partial charge on any atom is -0.469 e. The summed E-state index contributed by atoms with van der Waals surface area (Å²) in [5, 5.41) is 23.3. The van der Waals surface area contributed by atoms with Crippen LogP contribution in [-0.2, 0) is 9.53 Å². The van der Waals surface area contributed by atoms with Crippen LogP contribution in [0, 0.1) is 5.82 Å². The first-order valence-corrected chi connectivity index (χ1v) is 13.3. The molecule has 2 heterocycles. The van der Waals surface area contributed by atoms with Crippen molar-refractivity contribution in [1.29, 1.82) is 0 Å². The Morgan fingerprint density at radius 2 is 1.68 bits per heavy atom. The number of ether oxygens (including phenoxy) is 1. The summed E-state index contributed by atoms with van der Waals surface area (Å²) >= 11 is 0. The largest absolute Gasteiger partial charge is 0.469 e. The van der Waals surface area contributed by atoms with E-state index in [0.29, 0.717) is 0 Å². The van der Waals surface area contributed by atoms with Gasteiger partial charge in [0.15, 0.2) is 0 Å². The number of hydrogen-bond donors (Lipinski definition) is 2. The molecule has 38 heavy (non-hydrogen) atoms. The van der Waals surface area contributed by atoms with Gasteiger partial charge < -0.3 is 20.0 Å². The van der Waals surface area contributed by atoms with Gasteiger partial charge in [-0.25, -0.2) is 4.39 Å². The maximum Gasteiger partial charge on any atom is 0.308 e. The zero-order valence-electron chi connectivity index (χ0n) is 22.3. The lowest BCUT2D eigenvalue weighted by Gasteiger charge is -2.27. The molecule has 4 rings (SSSR count). The summed E-state index contributed by atoms with van der Waals surface area (Å²) in [5.74, 6) is -0.677. The van der Waals surface area contributed by atoms with Crippen LogP contribution in [-0.4, -0.2) is 53.3 Å². The first kappa shape index (κ1) is 27.6. The van der Waals surface area contributed by atoms with Gasteiger partial charge in [-0.1, -0.05) is 68.5 Å². The van der Waals surface area contributed by atoms with E-state index in [2.05, 4.69) is 40.4 Å². The minimum absolute atomic E-state index is 0.00681. The molecule has 2 N–H and O–H groups in total. The minimum atomic E-state index is -1.02. The summed E-state index contributed by atoms with van der Waals surface area (Å²) in [6.45, 7) is 6.17. The Morgan fingerprint density at radius 1 is 1.03 bits per heavy atom. The maximum absolute atomic E-state index is 14.0. The van der Waals surface area contributed by atoms with E-state index in [9.17, 15) is 19.4 Å². The number of rotatable bonds is 10. The lowest BCUT2D eigenvalue weighted by molar-refractivity contribution is -0.143. The number of nitrogens with zero attached hydrogens (tertiary/aromatic N) is 2. The zero-order valence-corrected chi connectivity index (χ0v) is 22.3. The van der Waals surface area contributed by atoms with E-state index in [1.807, 2.05) is 24.3 Å². The number of hydrogen-bond acceptors (Lipinski definition) is 5. The first-order chi connectivity index (χ1) is 18.3. The fourth-order valence-electron chi connectivity index (χ4n) is 5.21. The van der Waals surface area contributed by atoms with Crippen LogP contribution in [0.5, 0.6) is 0 Å². The number of benzene rings is 2. The molecule has 3 aromatic rings. The van der Waals surface area contributed by atoms with Gasteiger partial charge in [0, 0.05) is 36.2 Å². The van der Waals surface area contributed by atoms with Crippen LogP contribution in [0.1, 0.15) is 56.7 Å². The van der Waals surface area contributed by atoms with Crippen molar-refractivity contribution in [3.63, 3.8) is 0 Å². The molecule has 0 aliphatic carbocycles. The maximum atomic E-state index is 14.0. The Labute approximate surface area is 224 Å². The molecule has 1 aliphatic rings. The van der Waals surface area contributed by atoms with Crippen molar-refractivity contribution in [2.45, 2.75) is 57.7 Å². The Bertz CT molecular complexity index is 1250. The highest BCUT2D eigenvalue weighted by Crippen LogP contribution is 2.43. The van der Waals surface area contributed by atoms with Crippen molar-refractivity contribution in [2.24, 2.45) is 0 Å². The second kappa shape index (κ2) is 12.4. The molecular formula is C31H37FN2O4. The van der Waals surface area contributed by atoms with E-state index in [0.717, 1.165) is 59.6 Å². The number of halogens is 1. The van der Waals surface area contributed by atoms with Crippen molar-refractivity contribution in [2.75, 3.05) is 25.2 Å². The standard InChI is InChI=1S/C31H37FN2O4/c1-21(2)30-27(16-15-25(35)19-26(36)20-28(37)38-3)29(22-11-13-24(32)14-12-22)31(23-9-5-4-6-10-23)34(30)33-17-7-8-18-33/h4-6,9-16,21,25-26,35-36H,7-8,17-20H2,1-3H3. The van der Waals surface area contributed by atoms with Crippen molar-refractivity contribution >= 4 is 12.0 Å². The molecule has 2 unspecified atom stereocenters. The third kappa shape index (κ3) is 6.17. The molecule has 2 atom stereocenters. The summed E-state index contributed by atoms with van der Waals surface area (Å²) in [6.07, 6.45) is 3.63. The second-order valence-corrected chi connectivity index (χ2v) is 10.1. The SMILES string of the molecule is COC(=O)CC(O)CC(O)C=Cc1c(-c2ccc(F)cc2)c(-c2ccccc2)n(N2CCCC2)c1C(C)C. The molecule has 0 spiro atoms. The van der Waals surface area contributed by atoms with Gasteiger partial charge in [-0.3, -0.25) is 9.47 Å². The third-order valence-electron chi connectivity index (χ3n) is 6.94. The summed E-state index contributed by atoms with van der Waals surface area (Å²) in [5.41, 5.74) is 5.97. The van der Waals surface area contributed by atoms with E-state index in [4.69, 9.17) is 0 Å². The van der Waals surface area contributed by atoms with Gasteiger partial charge in [0.2, 0.25) is 0 Å². The molecule has 202 valence electrons. The highest BCUT2D eigenvalue weighted by atomic mass is 19.1. The van der Waals surface area contributed by atoms with Gasteiger partial charge in [-0.05, 0) is 36.5 Å². The van der Waals surface area contributed by atoms with Gasteiger partial charge >= 0.3 is 5.97 Å². The number of carbonyl (C=O) groups is 1. The van der Waals surface area contributed by atoms with Crippen molar-refractivity contribution < 1.29 is 24.1 Å². The van der Waals surface area contributed by atoms with E-state index >= 15 is 0 Å².